The summed E-state index contributed by atoms with van der Waals surface area (Å²) < 4.78 is 55.9. The summed E-state index contributed by atoms with van der Waals surface area (Å²) in [6, 6.07) is 10.5. The number of nitrogens with zero attached hydrogens (tertiary/aromatic N) is 4. The van der Waals surface area contributed by atoms with Gasteiger partial charge in [0.2, 0.25) is 5.09 Å². The van der Waals surface area contributed by atoms with E-state index in [2.05, 4.69) is 4.98 Å². The van der Waals surface area contributed by atoms with Crippen LogP contribution in [0.25, 0.3) is 11.0 Å². The zero-order chi connectivity index (χ0) is 25.7. The Kier molecular flexibility index (Phi) is 6.05. The van der Waals surface area contributed by atoms with Crippen LogP contribution in [-0.4, -0.2) is 69.0 Å². The number of anilines is 1. The minimum absolute atomic E-state index is 0.0297. The summed E-state index contributed by atoms with van der Waals surface area (Å²) in [6.07, 6.45) is 5.35. The second-order valence-corrected chi connectivity index (χ2v) is 12.5. The van der Waals surface area contributed by atoms with Crippen molar-refractivity contribution < 1.29 is 26.0 Å². The summed E-state index contributed by atoms with van der Waals surface area (Å²) in [6.45, 7) is 1.69. The number of pyridine rings is 1. The third-order valence-electron chi connectivity index (χ3n) is 6.04. The maximum atomic E-state index is 13.1. The lowest BCUT2D eigenvalue weighted by Crippen LogP contribution is -2.49. The first kappa shape index (κ1) is 24.3. The van der Waals surface area contributed by atoms with Crippen LogP contribution >= 0.6 is 11.6 Å². The van der Waals surface area contributed by atoms with Gasteiger partial charge < -0.3 is 14.2 Å². The van der Waals surface area contributed by atoms with Gasteiger partial charge in [-0.2, -0.15) is 8.42 Å². The number of piperazine rings is 1. The normalized spacial score (nSPS) is 14.9. The van der Waals surface area contributed by atoms with E-state index < -0.39 is 19.9 Å². The van der Waals surface area contributed by atoms with Crippen LogP contribution in [0.3, 0.4) is 0 Å². The van der Waals surface area contributed by atoms with Crippen molar-refractivity contribution in [2.45, 2.75) is 9.99 Å². The van der Waals surface area contributed by atoms with Gasteiger partial charge in [0.05, 0.1) is 21.7 Å². The van der Waals surface area contributed by atoms with Crippen molar-refractivity contribution >= 4 is 54.1 Å². The summed E-state index contributed by atoms with van der Waals surface area (Å²) in [7, 11) is -7.42. The van der Waals surface area contributed by atoms with Crippen molar-refractivity contribution in [1.82, 2.24) is 13.9 Å². The van der Waals surface area contributed by atoms with Gasteiger partial charge in [-0.1, -0.05) is 11.6 Å². The minimum Gasteiger partial charge on any atom is -0.451 e. The van der Waals surface area contributed by atoms with Gasteiger partial charge in [0.25, 0.3) is 5.91 Å². The first-order chi connectivity index (χ1) is 17.1. The molecule has 0 spiro atoms. The second-order valence-electron chi connectivity index (χ2n) is 8.31. The number of rotatable bonds is 5. The number of hydrogen-bond acceptors (Lipinski definition) is 8. The second kappa shape index (κ2) is 8.95. The number of benzene rings is 1. The number of amides is 1. The number of hydrogen-bond donors (Lipinski definition) is 0. The molecule has 13 heteroatoms. The van der Waals surface area contributed by atoms with E-state index in [1.807, 2.05) is 4.90 Å². The van der Waals surface area contributed by atoms with Gasteiger partial charge in [0, 0.05) is 55.9 Å². The van der Waals surface area contributed by atoms with Crippen LogP contribution < -0.4 is 4.90 Å². The van der Waals surface area contributed by atoms with Gasteiger partial charge in [-0.25, -0.2) is 17.4 Å². The quantitative estimate of drug-likeness (QED) is 0.373. The largest absolute Gasteiger partial charge is 0.451 e. The minimum atomic E-state index is -3.93. The summed E-state index contributed by atoms with van der Waals surface area (Å²) in [5.41, 5.74) is 1.20. The fourth-order valence-electron chi connectivity index (χ4n) is 4.20. The summed E-state index contributed by atoms with van der Waals surface area (Å²) in [5.74, 6) is -0.347. The maximum Gasteiger partial charge on any atom is 0.302 e. The van der Waals surface area contributed by atoms with E-state index in [4.69, 9.17) is 16.0 Å². The Morgan fingerprint density at radius 1 is 1.03 bits per heavy atom. The lowest BCUT2D eigenvalue weighted by Gasteiger charge is -2.36. The van der Waals surface area contributed by atoms with Crippen LogP contribution in [0.2, 0.25) is 5.02 Å². The lowest BCUT2D eigenvalue weighted by molar-refractivity contribution is 0.0747. The van der Waals surface area contributed by atoms with Crippen molar-refractivity contribution in [1.29, 1.82) is 0 Å². The van der Waals surface area contributed by atoms with Crippen LogP contribution in [0.4, 0.5) is 5.69 Å². The molecule has 1 saturated heterocycles. The number of carbonyl (C=O) groups is 1. The molecule has 1 aromatic carbocycles. The topological polar surface area (TPSA) is 123 Å². The molecule has 0 bridgehead atoms. The zero-order valence-corrected chi connectivity index (χ0v) is 21.4. The monoisotopic (exact) mass is 548 g/mol. The molecule has 188 valence electrons. The van der Waals surface area contributed by atoms with Crippen LogP contribution in [0.5, 0.6) is 0 Å². The lowest BCUT2D eigenvalue weighted by atomic mass is 10.1. The van der Waals surface area contributed by atoms with Crippen molar-refractivity contribution in [3.8, 4) is 0 Å². The standard InChI is InChI=1S/C23H21ClN4O6S2/c1-35(30,31)16-4-5-19(24)18(15-16)23(29)27-12-10-26(11-13-27)20-6-8-25-22-17(20)7-9-28(22)36(32,33)21-3-2-14-34-21/h2-9,14-15H,10-13H2,1H3. The molecule has 1 fully saturated rings. The number of furan rings is 1. The SMILES string of the molecule is CS(=O)(=O)c1ccc(Cl)c(C(=O)N2CCN(c3ccnc4c3ccn4S(=O)(=O)c3ccco3)CC2)c1. The van der Waals surface area contributed by atoms with E-state index in [1.54, 1.807) is 23.2 Å². The average molecular weight is 549 g/mol. The average Bonchev–Trinajstić information content (AvgIpc) is 3.54. The van der Waals surface area contributed by atoms with Gasteiger partial charge in [0.1, 0.15) is 0 Å². The van der Waals surface area contributed by atoms with Crippen molar-refractivity contribution in [3.63, 3.8) is 0 Å². The Balaban J connectivity index is 1.38. The van der Waals surface area contributed by atoms with E-state index in [0.717, 1.165) is 15.9 Å². The maximum absolute atomic E-state index is 13.1. The molecule has 3 aromatic heterocycles. The molecule has 0 N–H and O–H groups in total. The van der Waals surface area contributed by atoms with Gasteiger partial charge in [-0.05, 0) is 42.5 Å². The first-order valence-electron chi connectivity index (χ1n) is 10.9. The Hall–Kier alpha value is -3.35. The molecule has 10 nitrogen and oxygen atoms in total. The highest BCUT2D eigenvalue weighted by molar-refractivity contribution is 7.90. The summed E-state index contributed by atoms with van der Waals surface area (Å²) in [4.78, 5) is 21.1. The molecule has 4 heterocycles. The summed E-state index contributed by atoms with van der Waals surface area (Å²) in [5, 5.41) is 0.652. The van der Waals surface area contributed by atoms with Gasteiger partial charge in [-0.3, -0.25) is 4.79 Å². The molecule has 1 aliphatic heterocycles. The zero-order valence-electron chi connectivity index (χ0n) is 19.0. The van der Waals surface area contributed by atoms with Crippen LogP contribution in [0.1, 0.15) is 10.4 Å². The first-order valence-corrected chi connectivity index (χ1v) is 14.6. The molecule has 36 heavy (non-hydrogen) atoms. The van der Waals surface area contributed by atoms with Crippen LogP contribution in [0.15, 0.2) is 75.5 Å². The highest BCUT2D eigenvalue weighted by Gasteiger charge is 2.27. The molecule has 1 aliphatic rings. The molecule has 0 saturated carbocycles. The Labute approximate surface area is 212 Å². The number of aromatic nitrogens is 2. The van der Waals surface area contributed by atoms with Gasteiger partial charge >= 0.3 is 10.0 Å². The van der Waals surface area contributed by atoms with Gasteiger partial charge in [-0.15, -0.1) is 0 Å². The third-order valence-corrected chi connectivity index (χ3v) is 9.04. The highest BCUT2D eigenvalue weighted by Crippen LogP contribution is 2.30. The Bertz CT molecular complexity index is 1670. The fraction of sp³-hybridized carbons (Fsp3) is 0.217. The Morgan fingerprint density at radius 2 is 1.78 bits per heavy atom. The van der Waals surface area contributed by atoms with Crippen molar-refractivity contribution in [2.75, 3.05) is 37.3 Å². The van der Waals surface area contributed by atoms with E-state index in [9.17, 15) is 21.6 Å². The molecule has 0 aliphatic carbocycles. The van der Waals surface area contributed by atoms with Crippen molar-refractivity contribution in [3.05, 3.63) is 71.7 Å². The molecular weight excluding hydrogens is 528 g/mol. The van der Waals surface area contributed by atoms with E-state index in [0.29, 0.717) is 31.6 Å². The van der Waals surface area contributed by atoms with Crippen LogP contribution in [-0.2, 0) is 19.9 Å². The molecule has 1 amide bonds. The van der Waals surface area contributed by atoms with Gasteiger partial charge in [0.15, 0.2) is 15.5 Å². The highest BCUT2D eigenvalue weighted by atomic mass is 35.5. The Morgan fingerprint density at radius 3 is 2.44 bits per heavy atom. The third kappa shape index (κ3) is 4.25. The van der Waals surface area contributed by atoms with Crippen LogP contribution in [0, 0.1) is 0 Å². The van der Waals surface area contributed by atoms with E-state index in [1.165, 1.54) is 42.8 Å². The predicted octanol–water partition coefficient (Wildman–Crippen LogP) is 2.89. The smallest absolute Gasteiger partial charge is 0.302 e. The predicted molar refractivity (Wildman–Crippen MR) is 134 cm³/mol. The molecule has 5 rings (SSSR count). The summed E-state index contributed by atoms with van der Waals surface area (Å²) >= 11 is 6.21. The number of carbonyl (C=O) groups excluding carboxylic acids is 1. The molecule has 4 aromatic rings. The molecular formula is C23H21ClN4O6S2. The number of sulfone groups is 1. The molecule has 0 atom stereocenters. The van der Waals surface area contributed by atoms with E-state index >= 15 is 0 Å². The number of halogens is 1. The van der Waals surface area contributed by atoms with E-state index in [-0.39, 0.29) is 32.1 Å². The van der Waals surface area contributed by atoms with Crippen molar-refractivity contribution in [2.24, 2.45) is 0 Å². The fourth-order valence-corrected chi connectivity index (χ4v) is 6.26. The molecule has 0 unspecified atom stereocenters. The molecule has 0 radical (unpaired) electrons. The number of fused-ring (bicyclic) bond motifs is 1.